The number of H-pyrrole nitrogens is 1. The van der Waals surface area contributed by atoms with E-state index in [-0.39, 0.29) is 0 Å². The van der Waals surface area contributed by atoms with Crippen LogP contribution in [-0.4, -0.2) is 40.2 Å². The predicted molar refractivity (Wildman–Crippen MR) is 117 cm³/mol. The van der Waals surface area contributed by atoms with Gasteiger partial charge in [0.2, 0.25) is 0 Å². The molecular weight excluding hydrogens is 388 g/mol. The molecule has 5 aromatic rings. The third-order valence-electron chi connectivity index (χ3n) is 5.43. The fourth-order valence-electron chi connectivity index (χ4n) is 3.97. The van der Waals surface area contributed by atoms with Crippen LogP contribution in [0, 0.1) is 6.92 Å². The summed E-state index contributed by atoms with van der Waals surface area (Å²) in [5, 5.41) is 18.7. The fraction of sp³-hybridized carbons (Fsp3) is 0.217. The molecule has 31 heavy (non-hydrogen) atoms. The normalized spacial score (nSPS) is 11.3. The average molecular weight is 410 g/mol. The van der Waals surface area contributed by atoms with Crippen LogP contribution in [0.2, 0.25) is 0 Å². The van der Waals surface area contributed by atoms with E-state index in [2.05, 4.69) is 68.0 Å². The van der Waals surface area contributed by atoms with Gasteiger partial charge in [-0.2, -0.15) is 9.61 Å². The average Bonchev–Trinajstić information content (AvgIpc) is 3.50. The van der Waals surface area contributed by atoms with Crippen molar-refractivity contribution in [2.75, 3.05) is 0 Å². The van der Waals surface area contributed by atoms with E-state index < -0.39 is 0 Å². The molecule has 3 heterocycles. The monoisotopic (exact) mass is 410 g/mol. The van der Waals surface area contributed by atoms with Crippen LogP contribution in [0.3, 0.4) is 0 Å². The first kappa shape index (κ1) is 19.0. The summed E-state index contributed by atoms with van der Waals surface area (Å²) in [7, 11) is 0. The first-order chi connectivity index (χ1) is 15.2. The van der Waals surface area contributed by atoms with Crippen molar-refractivity contribution < 1.29 is 0 Å². The zero-order chi connectivity index (χ0) is 21.2. The molecule has 154 valence electrons. The third-order valence-corrected chi connectivity index (χ3v) is 5.43. The van der Waals surface area contributed by atoms with Gasteiger partial charge < -0.3 is 0 Å². The number of nitrogens with one attached hydrogen (secondary N) is 1. The quantitative estimate of drug-likeness (QED) is 0.457. The summed E-state index contributed by atoms with van der Waals surface area (Å²) >= 11 is 0. The lowest BCUT2D eigenvalue weighted by molar-refractivity contribution is 0.792. The first-order valence-electron chi connectivity index (χ1n) is 10.3. The number of nitrogens with zero attached hydrogens (tertiary/aromatic N) is 7. The standard InChI is InChI=1S/C23H22N8/c1-3-6-21-20(23-24-14-25-31(23)15(2)26-21)13-16-9-11-17(12-10-16)18-7-4-5-8-19(18)22-27-29-30-28-22/h4-5,7-12,14H,3,6,13H2,1-2H3,(H,27,28,29,30). The molecule has 5 rings (SSSR count). The predicted octanol–water partition coefficient (Wildman–Crippen LogP) is 3.82. The van der Waals surface area contributed by atoms with E-state index in [1.165, 1.54) is 5.56 Å². The lowest BCUT2D eigenvalue weighted by atomic mass is 9.96. The molecule has 2 aromatic carbocycles. The van der Waals surface area contributed by atoms with E-state index in [0.717, 1.165) is 58.7 Å². The molecule has 3 aromatic heterocycles. The van der Waals surface area contributed by atoms with Crippen LogP contribution < -0.4 is 0 Å². The van der Waals surface area contributed by atoms with Gasteiger partial charge in [0, 0.05) is 23.2 Å². The molecule has 0 amide bonds. The van der Waals surface area contributed by atoms with Gasteiger partial charge in [-0.15, -0.1) is 5.10 Å². The van der Waals surface area contributed by atoms with Crippen LogP contribution in [0.4, 0.5) is 0 Å². The Balaban J connectivity index is 1.50. The zero-order valence-electron chi connectivity index (χ0n) is 17.4. The Morgan fingerprint density at radius 3 is 2.55 bits per heavy atom. The molecule has 0 aliphatic carbocycles. The van der Waals surface area contributed by atoms with Crippen LogP contribution in [-0.2, 0) is 12.8 Å². The summed E-state index contributed by atoms with van der Waals surface area (Å²) in [5.41, 5.74) is 7.51. The van der Waals surface area contributed by atoms with Gasteiger partial charge in [-0.1, -0.05) is 61.9 Å². The van der Waals surface area contributed by atoms with E-state index in [1.54, 1.807) is 6.33 Å². The molecule has 0 saturated carbocycles. The van der Waals surface area contributed by atoms with Crippen molar-refractivity contribution in [2.45, 2.75) is 33.1 Å². The van der Waals surface area contributed by atoms with Gasteiger partial charge in [0.1, 0.15) is 12.2 Å². The Labute approximate surface area is 179 Å². The van der Waals surface area contributed by atoms with Crippen molar-refractivity contribution in [3.05, 3.63) is 77.5 Å². The van der Waals surface area contributed by atoms with E-state index in [0.29, 0.717) is 5.82 Å². The maximum Gasteiger partial charge on any atom is 0.180 e. The van der Waals surface area contributed by atoms with E-state index in [9.17, 15) is 0 Å². The van der Waals surface area contributed by atoms with Gasteiger partial charge in [-0.25, -0.2) is 15.1 Å². The minimum atomic E-state index is 0.656. The molecule has 0 unspecified atom stereocenters. The summed E-state index contributed by atoms with van der Waals surface area (Å²) in [6.07, 6.45) is 4.33. The number of hydrogen-bond acceptors (Lipinski definition) is 6. The minimum Gasteiger partial charge on any atom is -0.239 e. The summed E-state index contributed by atoms with van der Waals surface area (Å²) in [4.78, 5) is 9.32. The molecule has 0 saturated heterocycles. The second kappa shape index (κ2) is 8.06. The molecule has 0 bridgehead atoms. The zero-order valence-corrected chi connectivity index (χ0v) is 17.4. The SMILES string of the molecule is CCCc1nc(C)n2ncnc2c1Cc1ccc(-c2ccccc2-c2nnn[nH]2)cc1. The van der Waals surface area contributed by atoms with Crippen LogP contribution in [0.25, 0.3) is 28.2 Å². The lowest BCUT2D eigenvalue weighted by Gasteiger charge is -2.12. The molecule has 0 atom stereocenters. The third kappa shape index (κ3) is 3.56. The maximum absolute atomic E-state index is 4.80. The first-order valence-corrected chi connectivity index (χ1v) is 10.3. The Bertz CT molecular complexity index is 1320. The molecule has 0 radical (unpaired) electrons. The number of hydrogen-bond donors (Lipinski definition) is 1. The van der Waals surface area contributed by atoms with Gasteiger partial charge in [-0.05, 0) is 40.5 Å². The molecule has 8 nitrogen and oxygen atoms in total. The number of fused-ring (bicyclic) bond motifs is 1. The Morgan fingerprint density at radius 2 is 1.81 bits per heavy atom. The van der Waals surface area contributed by atoms with Crippen LogP contribution in [0.5, 0.6) is 0 Å². The smallest absolute Gasteiger partial charge is 0.180 e. The van der Waals surface area contributed by atoms with Gasteiger partial charge in [0.15, 0.2) is 11.5 Å². The van der Waals surface area contributed by atoms with Crippen molar-refractivity contribution in [3.8, 4) is 22.5 Å². The highest BCUT2D eigenvalue weighted by molar-refractivity contribution is 5.80. The van der Waals surface area contributed by atoms with Crippen molar-refractivity contribution in [1.29, 1.82) is 0 Å². The molecule has 1 N–H and O–H groups in total. The molecule has 0 aliphatic heterocycles. The van der Waals surface area contributed by atoms with E-state index >= 15 is 0 Å². The van der Waals surface area contributed by atoms with Gasteiger partial charge in [0.25, 0.3) is 0 Å². The number of rotatable bonds is 6. The molecule has 0 fully saturated rings. The summed E-state index contributed by atoms with van der Waals surface area (Å²) in [5.74, 6) is 1.53. The van der Waals surface area contributed by atoms with Crippen LogP contribution in [0.1, 0.15) is 36.0 Å². The second-order valence-electron chi connectivity index (χ2n) is 7.50. The maximum atomic E-state index is 4.80. The highest BCUT2D eigenvalue weighted by atomic mass is 15.5. The van der Waals surface area contributed by atoms with Gasteiger partial charge in [-0.3, -0.25) is 0 Å². The summed E-state index contributed by atoms with van der Waals surface area (Å²) in [6, 6.07) is 16.7. The number of tetrazole rings is 1. The van der Waals surface area contributed by atoms with E-state index in [4.69, 9.17) is 4.98 Å². The van der Waals surface area contributed by atoms with Crippen molar-refractivity contribution in [3.63, 3.8) is 0 Å². The van der Waals surface area contributed by atoms with Crippen molar-refractivity contribution in [2.24, 2.45) is 0 Å². The van der Waals surface area contributed by atoms with Crippen molar-refractivity contribution in [1.82, 2.24) is 40.2 Å². The van der Waals surface area contributed by atoms with Gasteiger partial charge in [0.05, 0.1) is 0 Å². The number of aromatic nitrogens is 8. The van der Waals surface area contributed by atoms with Crippen molar-refractivity contribution >= 4 is 5.65 Å². The molecular formula is C23H22N8. The minimum absolute atomic E-state index is 0.656. The highest BCUT2D eigenvalue weighted by Crippen LogP contribution is 2.30. The summed E-state index contributed by atoms with van der Waals surface area (Å²) < 4.78 is 1.82. The molecule has 8 heteroatoms. The van der Waals surface area contributed by atoms with Gasteiger partial charge >= 0.3 is 0 Å². The lowest BCUT2D eigenvalue weighted by Crippen LogP contribution is -2.08. The Hall–Kier alpha value is -3.94. The number of benzene rings is 2. The molecule has 0 aliphatic rings. The highest BCUT2D eigenvalue weighted by Gasteiger charge is 2.15. The summed E-state index contributed by atoms with van der Waals surface area (Å²) in [6.45, 7) is 4.14. The number of aryl methyl sites for hydroxylation is 2. The molecule has 0 spiro atoms. The fourth-order valence-corrected chi connectivity index (χ4v) is 3.97. The topological polar surface area (TPSA) is 97.5 Å². The van der Waals surface area contributed by atoms with E-state index in [1.807, 2.05) is 29.6 Å². The second-order valence-corrected chi connectivity index (χ2v) is 7.50. The largest absolute Gasteiger partial charge is 0.239 e. The number of aromatic amines is 1. The Kier molecular flexibility index (Phi) is 4.95. The van der Waals surface area contributed by atoms with Crippen LogP contribution >= 0.6 is 0 Å². The Morgan fingerprint density at radius 1 is 1.00 bits per heavy atom. The van der Waals surface area contributed by atoms with Crippen LogP contribution in [0.15, 0.2) is 54.9 Å².